The van der Waals surface area contributed by atoms with E-state index in [1.165, 1.54) is 0 Å². The van der Waals surface area contributed by atoms with Crippen LogP contribution in [0.1, 0.15) is 24.7 Å². The highest BCUT2D eigenvalue weighted by atomic mass is 79.9. The van der Waals surface area contributed by atoms with Gasteiger partial charge in [-0.3, -0.25) is 0 Å². The Bertz CT molecular complexity index is 562. The van der Waals surface area contributed by atoms with Gasteiger partial charge in [-0.25, -0.2) is 0 Å². The normalized spacial score (nSPS) is 12.4. The van der Waals surface area contributed by atoms with E-state index in [2.05, 4.69) is 26.1 Å². The van der Waals surface area contributed by atoms with Crippen molar-refractivity contribution in [1.82, 2.24) is 10.1 Å². The lowest BCUT2D eigenvalue weighted by Crippen LogP contribution is -2.00. The van der Waals surface area contributed by atoms with Gasteiger partial charge in [0.05, 0.1) is 5.02 Å². The Kier molecular flexibility index (Phi) is 4.79. The Morgan fingerprint density at radius 2 is 2.26 bits per heavy atom. The summed E-state index contributed by atoms with van der Waals surface area (Å²) >= 11 is 9.36. The first-order chi connectivity index (χ1) is 9.10. The fourth-order valence-electron chi connectivity index (χ4n) is 1.32. The molecule has 19 heavy (non-hydrogen) atoms. The van der Waals surface area contributed by atoms with Crippen LogP contribution in [0.15, 0.2) is 27.2 Å². The number of benzene rings is 1. The van der Waals surface area contributed by atoms with Crippen LogP contribution in [0.5, 0.6) is 5.75 Å². The highest BCUT2D eigenvalue weighted by molar-refractivity contribution is 9.10. The molecule has 0 unspecified atom stereocenters. The summed E-state index contributed by atoms with van der Waals surface area (Å²) in [4.78, 5) is 4.17. The molecule has 0 aliphatic rings. The fourth-order valence-corrected chi connectivity index (χ4v) is 1.84. The van der Waals surface area contributed by atoms with E-state index in [1.807, 2.05) is 13.0 Å². The van der Waals surface area contributed by atoms with E-state index in [9.17, 15) is 0 Å². The molecule has 0 N–H and O–H groups in total. The van der Waals surface area contributed by atoms with Gasteiger partial charge in [0.2, 0.25) is 0 Å². The maximum atomic E-state index is 6.01. The third kappa shape index (κ3) is 3.68. The third-order valence-corrected chi connectivity index (χ3v) is 3.25. The molecule has 0 radical (unpaired) electrons. The number of ether oxygens (including phenoxy) is 2. The summed E-state index contributed by atoms with van der Waals surface area (Å²) in [5.41, 5.74) is 0. The van der Waals surface area contributed by atoms with Gasteiger partial charge in [0.15, 0.2) is 12.4 Å². The van der Waals surface area contributed by atoms with Crippen LogP contribution in [0.4, 0.5) is 0 Å². The number of hydrogen-bond acceptors (Lipinski definition) is 5. The van der Waals surface area contributed by atoms with Crippen LogP contribution in [-0.4, -0.2) is 17.3 Å². The Morgan fingerprint density at radius 3 is 3.00 bits per heavy atom. The molecule has 5 nitrogen and oxygen atoms in total. The van der Waals surface area contributed by atoms with Gasteiger partial charge in [-0.15, -0.1) is 0 Å². The summed E-state index contributed by atoms with van der Waals surface area (Å²) in [6.07, 6.45) is -0.216. The molecule has 0 saturated heterocycles. The second-order valence-corrected chi connectivity index (χ2v) is 5.11. The smallest absolute Gasteiger partial charge is 0.264 e. The first-order valence-electron chi connectivity index (χ1n) is 5.53. The van der Waals surface area contributed by atoms with Crippen molar-refractivity contribution in [3.05, 3.63) is 39.4 Å². The average Bonchev–Trinajstić information content (AvgIpc) is 2.88. The van der Waals surface area contributed by atoms with E-state index in [-0.39, 0.29) is 12.7 Å². The zero-order chi connectivity index (χ0) is 13.8. The van der Waals surface area contributed by atoms with Gasteiger partial charge >= 0.3 is 0 Å². The van der Waals surface area contributed by atoms with Crippen molar-refractivity contribution in [2.24, 2.45) is 0 Å². The second kappa shape index (κ2) is 6.36. The molecule has 2 aromatic rings. The molecule has 0 aliphatic heterocycles. The van der Waals surface area contributed by atoms with Gasteiger partial charge in [-0.2, -0.15) is 4.98 Å². The van der Waals surface area contributed by atoms with Crippen molar-refractivity contribution < 1.29 is 14.0 Å². The molecule has 0 amide bonds. The molecular weight excluding hydrogens is 336 g/mol. The molecule has 7 heteroatoms. The van der Waals surface area contributed by atoms with E-state index in [0.717, 1.165) is 4.47 Å². The zero-order valence-corrected chi connectivity index (χ0v) is 12.7. The quantitative estimate of drug-likeness (QED) is 0.824. The van der Waals surface area contributed by atoms with Gasteiger partial charge in [0, 0.05) is 11.6 Å². The average molecular weight is 348 g/mol. The summed E-state index contributed by atoms with van der Waals surface area (Å²) in [7, 11) is 1.58. The minimum Gasteiger partial charge on any atom is -0.482 e. The highest BCUT2D eigenvalue weighted by Crippen LogP contribution is 2.28. The topological polar surface area (TPSA) is 57.4 Å². The van der Waals surface area contributed by atoms with E-state index in [1.54, 1.807) is 19.2 Å². The summed E-state index contributed by atoms with van der Waals surface area (Å²) < 4.78 is 16.6. The van der Waals surface area contributed by atoms with E-state index in [0.29, 0.717) is 22.5 Å². The van der Waals surface area contributed by atoms with Crippen LogP contribution in [0.25, 0.3) is 0 Å². The second-order valence-electron chi connectivity index (χ2n) is 3.79. The summed E-state index contributed by atoms with van der Waals surface area (Å²) in [6, 6.07) is 5.35. The lowest BCUT2D eigenvalue weighted by atomic mass is 10.3. The standard InChI is InChI=1S/C12H12BrClN2O3/c1-7(17-2)12-15-11(19-16-12)6-18-10-5-8(13)3-4-9(10)14/h3-5,7H,6H2,1-2H3/t7-/m0/s1. The third-order valence-electron chi connectivity index (χ3n) is 2.45. The predicted molar refractivity (Wildman–Crippen MR) is 73.2 cm³/mol. The number of hydrogen-bond donors (Lipinski definition) is 0. The van der Waals surface area contributed by atoms with Crippen LogP contribution in [-0.2, 0) is 11.3 Å². The summed E-state index contributed by atoms with van der Waals surface area (Å²) in [5.74, 6) is 1.41. The molecule has 0 aliphatic carbocycles. The first kappa shape index (κ1) is 14.3. The molecule has 1 heterocycles. The van der Waals surface area contributed by atoms with Gasteiger partial charge in [0.1, 0.15) is 11.9 Å². The molecule has 1 aromatic carbocycles. The van der Waals surface area contributed by atoms with E-state index >= 15 is 0 Å². The highest BCUT2D eigenvalue weighted by Gasteiger charge is 2.13. The molecule has 0 spiro atoms. The van der Waals surface area contributed by atoms with Gasteiger partial charge in [-0.1, -0.05) is 32.7 Å². The number of rotatable bonds is 5. The Balaban J connectivity index is 2.02. The first-order valence-corrected chi connectivity index (χ1v) is 6.70. The van der Waals surface area contributed by atoms with Crippen molar-refractivity contribution in [1.29, 1.82) is 0 Å². The summed E-state index contributed by atoms with van der Waals surface area (Å²) in [5, 5.41) is 4.33. The predicted octanol–water partition coefficient (Wildman–Crippen LogP) is 3.77. The molecule has 1 atom stereocenters. The number of methoxy groups -OCH3 is 1. The molecule has 2 rings (SSSR count). The zero-order valence-electron chi connectivity index (χ0n) is 10.4. The fraction of sp³-hybridized carbons (Fsp3) is 0.333. The van der Waals surface area contributed by atoms with Crippen molar-refractivity contribution in [2.75, 3.05) is 7.11 Å². The monoisotopic (exact) mass is 346 g/mol. The van der Waals surface area contributed by atoms with Crippen LogP contribution in [0.3, 0.4) is 0 Å². The van der Waals surface area contributed by atoms with Crippen LogP contribution in [0.2, 0.25) is 5.02 Å². The van der Waals surface area contributed by atoms with Crippen molar-refractivity contribution in [2.45, 2.75) is 19.6 Å². The van der Waals surface area contributed by atoms with Crippen LogP contribution in [0, 0.1) is 0 Å². The van der Waals surface area contributed by atoms with Gasteiger partial charge in [0.25, 0.3) is 5.89 Å². The van der Waals surface area contributed by atoms with Crippen molar-refractivity contribution >= 4 is 27.5 Å². The van der Waals surface area contributed by atoms with Gasteiger partial charge < -0.3 is 14.0 Å². The maximum absolute atomic E-state index is 6.01. The minimum absolute atomic E-state index is 0.152. The van der Waals surface area contributed by atoms with Crippen molar-refractivity contribution in [3.8, 4) is 5.75 Å². The molecular formula is C12H12BrClN2O3. The SMILES string of the molecule is CO[C@@H](C)c1noc(COc2cc(Br)ccc2Cl)n1. The minimum atomic E-state index is -0.216. The Hall–Kier alpha value is -1.11. The molecule has 102 valence electrons. The molecule has 0 saturated carbocycles. The molecule has 1 aromatic heterocycles. The Labute approximate surface area is 124 Å². The summed E-state index contributed by atoms with van der Waals surface area (Å²) in [6.45, 7) is 1.99. The lowest BCUT2D eigenvalue weighted by Gasteiger charge is -2.05. The number of aromatic nitrogens is 2. The van der Waals surface area contributed by atoms with Crippen LogP contribution >= 0.6 is 27.5 Å². The van der Waals surface area contributed by atoms with E-state index in [4.69, 9.17) is 25.6 Å². The lowest BCUT2D eigenvalue weighted by molar-refractivity contribution is 0.109. The maximum Gasteiger partial charge on any atom is 0.264 e. The number of nitrogens with zero attached hydrogens (tertiary/aromatic N) is 2. The number of halogens is 2. The van der Waals surface area contributed by atoms with Crippen LogP contribution < -0.4 is 4.74 Å². The van der Waals surface area contributed by atoms with E-state index < -0.39 is 0 Å². The Morgan fingerprint density at radius 1 is 1.47 bits per heavy atom. The molecule has 0 fully saturated rings. The molecule has 0 bridgehead atoms. The van der Waals surface area contributed by atoms with Gasteiger partial charge in [-0.05, 0) is 25.1 Å². The largest absolute Gasteiger partial charge is 0.482 e. The van der Waals surface area contributed by atoms with Crippen molar-refractivity contribution in [3.63, 3.8) is 0 Å².